The van der Waals surface area contributed by atoms with Crippen LogP contribution in [0.15, 0.2) is 48.8 Å². The van der Waals surface area contributed by atoms with E-state index in [1.165, 1.54) is 22.9 Å². The number of aromatic amines is 1. The van der Waals surface area contributed by atoms with Gasteiger partial charge < -0.3 is 35.7 Å². The van der Waals surface area contributed by atoms with E-state index in [-0.39, 0.29) is 54.6 Å². The van der Waals surface area contributed by atoms with E-state index in [4.69, 9.17) is 34.3 Å². The molecule has 4 aromatic rings. The van der Waals surface area contributed by atoms with Crippen LogP contribution in [0, 0.1) is 5.41 Å². The van der Waals surface area contributed by atoms with Gasteiger partial charge >= 0.3 is 0 Å². The van der Waals surface area contributed by atoms with Gasteiger partial charge in [-0.1, -0.05) is 0 Å². The van der Waals surface area contributed by atoms with Gasteiger partial charge in [-0.3, -0.25) is 35.0 Å². The van der Waals surface area contributed by atoms with Gasteiger partial charge in [0, 0.05) is 75.6 Å². The molecule has 0 radical (unpaired) electrons. The summed E-state index contributed by atoms with van der Waals surface area (Å²) < 4.78 is 3.08. The summed E-state index contributed by atoms with van der Waals surface area (Å²) in [6.45, 7) is 1.43. The molecule has 16 nitrogen and oxygen atoms in total. The number of hydrogen-bond acceptors (Lipinski definition) is 8. The van der Waals surface area contributed by atoms with Crippen LogP contribution in [0.1, 0.15) is 48.4 Å². The van der Waals surface area contributed by atoms with Crippen LogP contribution >= 0.6 is 35.6 Å². The van der Waals surface area contributed by atoms with Crippen molar-refractivity contribution in [2.24, 2.45) is 19.8 Å². The van der Waals surface area contributed by atoms with Gasteiger partial charge in [-0.2, -0.15) is 4.98 Å². The minimum Gasteiger partial charge on any atom is -0.388 e. The van der Waals surface area contributed by atoms with E-state index in [0.717, 1.165) is 5.69 Å². The van der Waals surface area contributed by atoms with Crippen LogP contribution in [0.5, 0.6) is 0 Å². The van der Waals surface area contributed by atoms with E-state index in [1.807, 2.05) is 4.90 Å². The van der Waals surface area contributed by atoms with Crippen molar-refractivity contribution in [3.63, 3.8) is 0 Å². The highest BCUT2D eigenvalue weighted by atomic mass is 35.5. The second-order valence-electron chi connectivity index (χ2n) is 10.3. The molecular weight excluding hydrogens is 687 g/mol. The van der Waals surface area contributed by atoms with Crippen molar-refractivity contribution >= 4 is 88.1 Å². The lowest BCUT2D eigenvalue weighted by Crippen LogP contribution is -2.28. The molecule has 4 amide bonds. The Balaban J connectivity index is 0.00000625. The highest BCUT2D eigenvalue weighted by Crippen LogP contribution is 2.19. The quantitative estimate of drug-likeness (QED) is 0.0548. The fourth-order valence-electron chi connectivity index (χ4n) is 4.49. The van der Waals surface area contributed by atoms with Crippen LogP contribution in [-0.4, -0.2) is 85.2 Å². The number of amidine groups is 1. The lowest BCUT2D eigenvalue weighted by molar-refractivity contribution is 0.0944. The Labute approximate surface area is 291 Å². The number of benzene rings is 1. The van der Waals surface area contributed by atoms with Crippen LogP contribution in [0.2, 0.25) is 0 Å². The predicted molar refractivity (Wildman–Crippen MR) is 187 cm³/mol. The Morgan fingerprint density at radius 2 is 1.44 bits per heavy atom. The molecule has 0 aliphatic carbocycles. The van der Waals surface area contributed by atoms with Gasteiger partial charge in [-0.05, 0) is 36.4 Å². The molecule has 256 valence electrons. The van der Waals surface area contributed by atoms with Crippen LogP contribution < -0.4 is 31.9 Å². The minimum absolute atomic E-state index is 0. The number of alkyl halides is 2. The van der Waals surface area contributed by atoms with Crippen molar-refractivity contribution in [2.45, 2.75) is 6.42 Å². The number of H-pyrrole nitrogens is 1. The summed E-state index contributed by atoms with van der Waals surface area (Å²) in [4.78, 5) is 57.1. The first-order valence-corrected chi connectivity index (χ1v) is 15.3. The molecule has 0 fully saturated rings. The van der Waals surface area contributed by atoms with Gasteiger partial charge in [0.25, 0.3) is 23.6 Å². The fourth-order valence-corrected chi connectivity index (χ4v) is 4.90. The summed E-state index contributed by atoms with van der Waals surface area (Å²) in [6.07, 6.45) is 3.34. The minimum atomic E-state index is -0.651. The molecule has 0 spiro atoms. The predicted octanol–water partition coefficient (Wildman–Crippen LogP) is 3.00. The van der Waals surface area contributed by atoms with Gasteiger partial charge in [0.1, 0.15) is 11.4 Å². The molecule has 0 saturated carbocycles. The van der Waals surface area contributed by atoms with Gasteiger partial charge in [-0.15, -0.1) is 40.7 Å². The summed E-state index contributed by atoms with van der Waals surface area (Å²) in [5.41, 5.74) is 7.76. The number of aryl methyl sites for hydroxylation is 2. The van der Waals surface area contributed by atoms with Crippen LogP contribution in [0.25, 0.3) is 0 Å². The van der Waals surface area contributed by atoms with Gasteiger partial charge in [-0.25, -0.2) is 0 Å². The van der Waals surface area contributed by atoms with Crippen molar-refractivity contribution in [1.29, 1.82) is 5.41 Å². The van der Waals surface area contributed by atoms with Crippen molar-refractivity contribution in [2.75, 3.05) is 52.2 Å². The molecule has 0 bridgehead atoms. The monoisotopic (exact) mass is 720 g/mol. The largest absolute Gasteiger partial charge is 0.388 e. The number of carbonyl (C=O) groups is 4. The van der Waals surface area contributed by atoms with Crippen molar-refractivity contribution in [3.05, 3.63) is 71.6 Å². The van der Waals surface area contributed by atoms with Gasteiger partial charge in [0.05, 0.1) is 17.2 Å². The SMILES string of the molecule is Cl.Cn1cc(NC(=O)c2cc(NC(=O)c3nc(NC(=O)c4ccc(N(CCCl)CCCl)cc4)n[nH]3)cn2C)cc1C(=O)NCCC(=N)N. The molecule has 48 heavy (non-hydrogen) atoms. The number of hydrogen-bond donors (Lipinski definition) is 7. The Hall–Kier alpha value is -5.06. The number of nitrogens with two attached hydrogens (primary N) is 1. The third-order valence-electron chi connectivity index (χ3n) is 6.80. The first-order valence-electron chi connectivity index (χ1n) is 14.3. The van der Waals surface area contributed by atoms with E-state index in [0.29, 0.717) is 47.5 Å². The zero-order valence-corrected chi connectivity index (χ0v) is 28.3. The maximum atomic E-state index is 13.0. The second-order valence-corrected chi connectivity index (χ2v) is 11.0. The van der Waals surface area contributed by atoms with E-state index in [9.17, 15) is 19.2 Å². The van der Waals surface area contributed by atoms with Crippen molar-refractivity contribution in [1.82, 2.24) is 29.6 Å². The highest BCUT2D eigenvalue weighted by Gasteiger charge is 2.19. The number of halogens is 3. The normalized spacial score (nSPS) is 10.5. The zero-order chi connectivity index (χ0) is 34.1. The summed E-state index contributed by atoms with van der Waals surface area (Å²) in [5.74, 6) is -1.41. The first kappa shape index (κ1) is 37.4. The van der Waals surface area contributed by atoms with E-state index in [2.05, 4.69) is 36.4 Å². The molecule has 1 aromatic carbocycles. The Morgan fingerprint density at radius 3 is 2.00 bits per heavy atom. The summed E-state index contributed by atoms with van der Waals surface area (Å²) in [6, 6.07) is 9.85. The number of nitrogens with one attached hydrogen (secondary N) is 6. The third-order valence-corrected chi connectivity index (χ3v) is 7.14. The molecule has 0 aliphatic heterocycles. The average molecular weight is 722 g/mol. The summed E-state index contributed by atoms with van der Waals surface area (Å²) in [5, 5.41) is 24.2. The molecule has 0 saturated heterocycles. The number of amides is 4. The van der Waals surface area contributed by atoms with E-state index < -0.39 is 17.7 Å². The molecule has 0 atom stereocenters. The summed E-state index contributed by atoms with van der Waals surface area (Å²) >= 11 is 11.7. The second kappa shape index (κ2) is 17.2. The van der Waals surface area contributed by atoms with E-state index in [1.54, 1.807) is 49.1 Å². The average Bonchev–Trinajstić information content (AvgIpc) is 3.75. The lowest BCUT2D eigenvalue weighted by atomic mass is 10.2. The molecule has 19 heteroatoms. The summed E-state index contributed by atoms with van der Waals surface area (Å²) in [7, 11) is 3.29. The molecule has 3 heterocycles. The molecule has 0 unspecified atom stereocenters. The molecular formula is C29H35Cl3N12O4. The topological polar surface area (TPSA) is 221 Å². The molecule has 8 N–H and O–H groups in total. The number of anilines is 4. The van der Waals surface area contributed by atoms with Gasteiger partial charge in [0.2, 0.25) is 11.8 Å². The number of aromatic nitrogens is 5. The lowest BCUT2D eigenvalue weighted by Gasteiger charge is -2.22. The zero-order valence-electron chi connectivity index (χ0n) is 26.0. The Kier molecular flexibility index (Phi) is 13.4. The van der Waals surface area contributed by atoms with Crippen molar-refractivity contribution in [3.8, 4) is 0 Å². The van der Waals surface area contributed by atoms with Crippen LogP contribution in [0.3, 0.4) is 0 Å². The number of rotatable bonds is 15. The Bertz CT molecular complexity index is 1760. The van der Waals surface area contributed by atoms with Crippen LogP contribution in [-0.2, 0) is 14.1 Å². The molecule has 0 aliphatic rings. The standard InChI is InChI=1S/C29H34Cl2N12O4.ClH/c1-41-15-18(13-21(41)26(45)34-10-7-23(32)33)35-27(46)22-14-19(16-42(22)2)36-28(47)24-37-29(40-39-24)38-25(44)17-3-5-20(6-4-17)43(11-8-30)12-9-31;/h3-6,13-16H,7-12H2,1-2H3,(H3,32,33)(H,34,45)(H,35,46)(H,36,47)(H2,37,38,39,40,44);1H. The Morgan fingerprint density at radius 1 is 0.875 bits per heavy atom. The number of carbonyl (C=O) groups excluding carboxylic acids is 4. The maximum Gasteiger partial charge on any atom is 0.293 e. The number of nitrogens with zero attached hydrogens (tertiary/aromatic N) is 5. The maximum absolute atomic E-state index is 13.0. The molecule has 3 aromatic heterocycles. The third kappa shape index (κ3) is 9.73. The van der Waals surface area contributed by atoms with Gasteiger partial charge in [0.15, 0.2) is 0 Å². The van der Waals surface area contributed by atoms with Crippen LogP contribution in [0.4, 0.5) is 23.0 Å². The smallest absolute Gasteiger partial charge is 0.293 e. The highest BCUT2D eigenvalue weighted by molar-refractivity contribution is 6.18. The fraction of sp³-hybridized carbons (Fsp3) is 0.276. The molecule has 4 rings (SSSR count). The van der Waals surface area contributed by atoms with E-state index >= 15 is 0 Å². The first-order chi connectivity index (χ1) is 22.5. The van der Waals surface area contributed by atoms with Crippen molar-refractivity contribution < 1.29 is 19.2 Å².